The Bertz CT molecular complexity index is 1480. The first-order valence-corrected chi connectivity index (χ1v) is 13.8. The largest absolute Gasteiger partial charge is 0.493 e. The summed E-state index contributed by atoms with van der Waals surface area (Å²) in [5.41, 5.74) is 8.37. The molecule has 0 saturated carbocycles. The van der Waals surface area contributed by atoms with Gasteiger partial charge in [0.2, 0.25) is 5.91 Å². The Morgan fingerprint density at radius 3 is 2.70 bits per heavy atom. The number of ether oxygens (including phenoxy) is 1. The van der Waals surface area contributed by atoms with Gasteiger partial charge in [-0.05, 0) is 67.1 Å². The molecule has 1 aliphatic heterocycles. The van der Waals surface area contributed by atoms with E-state index in [1.807, 2.05) is 23.2 Å². The summed E-state index contributed by atoms with van der Waals surface area (Å²) in [6, 6.07) is 14.3. The lowest BCUT2D eigenvalue weighted by Crippen LogP contribution is -2.41. The van der Waals surface area contributed by atoms with Gasteiger partial charge in [-0.15, -0.1) is 0 Å². The highest BCUT2D eigenvalue weighted by Crippen LogP contribution is 2.40. The molecule has 7 nitrogen and oxygen atoms in total. The van der Waals surface area contributed by atoms with E-state index < -0.39 is 0 Å². The molecule has 0 radical (unpaired) electrons. The molecule has 5 rings (SSSR count). The second kappa shape index (κ2) is 12.3. The maximum atomic E-state index is 13.7. The average molecular weight is 538 g/mol. The lowest BCUT2D eigenvalue weighted by Gasteiger charge is -2.39. The van der Waals surface area contributed by atoms with Gasteiger partial charge in [-0.3, -0.25) is 14.6 Å². The SMILES string of the molecule is CC(=O)Cc1cc2c(cc1OCCc1cccnc1)C(c1ccc(C)cc1C)N(C(=O)CCc1cocn1)CC2. The Kier molecular flexibility index (Phi) is 8.39. The summed E-state index contributed by atoms with van der Waals surface area (Å²) in [5, 5.41) is 0. The maximum Gasteiger partial charge on any atom is 0.223 e. The molecule has 2 aromatic heterocycles. The van der Waals surface area contributed by atoms with Crippen molar-refractivity contribution in [1.82, 2.24) is 14.9 Å². The summed E-state index contributed by atoms with van der Waals surface area (Å²) in [6.45, 7) is 6.85. The van der Waals surface area contributed by atoms with Gasteiger partial charge in [0.1, 0.15) is 17.8 Å². The Morgan fingerprint density at radius 1 is 1.10 bits per heavy atom. The summed E-state index contributed by atoms with van der Waals surface area (Å²) in [6.07, 6.45) is 9.18. The topological polar surface area (TPSA) is 85.5 Å². The molecule has 0 fully saturated rings. The molecule has 2 aromatic carbocycles. The minimum Gasteiger partial charge on any atom is -0.493 e. The van der Waals surface area contributed by atoms with Crippen LogP contribution < -0.4 is 4.74 Å². The molecular formula is C33H35N3O4. The molecule has 0 aliphatic carbocycles. The highest BCUT2D eigenvalue weighted by Gasteiger charge is 2.34. The molecule has 1 aliphatic rings. The van der Waals surface area contributed by atoms with E-state index in [-0.39, 0.29) is 17.7 Å². The van der Waals surface area contributed by atoms with E-state index in [0.717, 1.165) is 39.1 Å². The number of carbonyl (C=O) groups is 2. The number of Topliss-reactive ketones (excluding diaryl/α,β-unsaturated/α-hetero) is 1. The number of benzene rings is 2. The number of aryl methyl sites for hydroxylation is 3. The summed E-state index contributed by atoms with van der Waals surface area (Å²) in [5.74, 6) is 0.860. The fourth-order valence-corrected chi connectivity index (χ4v) is 5.54. The predicted octanol–water partition coefficient (Wildman–Crippen LogP) is 5.55. The lowest BCUT2D eigenvalue weighted by molar-refractivity contribution is -0.133. The predicted molar refractivity (Wildman–Crippen MR) is 152 cm³/mol. The van der Waals surface area contributed by atoms with Crippen LogP contribution in [0.25, 0.3) is 0 Å². The summed E-state index contributed by atoms with van der Waals surface area (Å²) in [4.78, 5) is 36.2. The number of aromatic nitrogens is 2. The molecular weight excluding hydrogens is 502 g/mol. The molecule has 1 unspecified atom stereocenters. The molecule has 0 N–H and O–H groups in total. The minimum atomic E-state index is -0.249. The molecule has 7 heteroatoms. The number of rotatable bonds is 10. The Hall–Kier alpha value is -4.26. The number of ketones is 1. The van der Waals surface area contributed by atoms with Gasteiger partial charge in [0.15, 0.2) is 6.39 Å². The van der Waals surface area contributed by atoms with Crippen LogP contribution in [0.1, 0.15) is 64.0 Å². The van der Waals surface area contributed by atoms with E-state index in [1.54, 1.807) is 19.4 Å². The number of pyridine rings is 1. The van der Waals surface area contributed by atoms with Crippen molar-refractivity contribution in [2.45, 2.75) is 58.9 Å². The number of hydrogen-bond acceptors (Lipinski definition) is 6. The molecule has 0 bridgehead atoms. The molecule has 40 heavy (non-hydrogen) atoms. The van der Waals surface area contributed by atoms with E-state index in [9.17, 15) is 9.59 Å². The van der Waals surface area contributed by atoms with Crippen molar-refractivity contribution >= 4 is 11.7 Å². The zero-order chi connectivity index (χ0) is 28.1. The van der Waals surface area contributed by atoms with Gasteiger partial charge >= 0.3 is 0 Å². The first kappa shape index (κ1) is 27.3. The first-order chi connectivity index (χ1) is 19.4. The van der Waals surface area contributed by atoms with Crippen molar-refractivity contribution in [3.63, 3.8) is 0 Å². The normalized spacial score (nSPS) is 14.6. The van der Waals surface area contributed by atoms with Gasteiger partial charge in [0, 0.05) is 50.2 Å². The van der Waals surface area contributed by atoms with Crippen LogP contribution in [0.4, 0.5) is 0 Å². The summed E-state index contributed by atoms with van der Waals surface area (Å²) in [7, 11) is 0. The Morgan fingerprint density at radius 2 is 1.98 bits per heavy atom. The van der Waals surface area contributed by atoms with Crippen LogP contribution in [-0.2, 0) is 35.3 Å². The Balaban J connectivity index is 1.50. The van der Waals surface area contributed by atoms with Crippen molar-refractivity contribution in [1.29, 1.82) is 0 Å². The second-order valence-corrected chi connectivity index (χ2v) is 10.6. The van der Waals surface area contributed by atoms with Gasteiger partial charge in [-0.1, -0.05) is 35.9 Å². The van der Waals surface area contributed by atoms with Crippen LogP contribution in [-0.4, -0.2) is 39.7 Å². The van der Waals surface area contributed by atoms with Gasteiger partial charge in [-0.2, -0.15) is 0 Å². The van der Waals surface area contributed by atoms with Crippen molar-refractivity contribution in [3.05, 3.63) is 112 Å². The Labute approximate surface area is 235 Å². The lowest BCUT2D eigenvalue weighted by atomic mass is 9.84. The number of oxazole rings is 1. The molecule has 1 amide bonds. The molecule has 4 aromatic rings. The maximum absolute atomic E-state index is 13.7. The molecule has 1 atom stereocenters. The fourth-order valence-electron chi connectivity index (χ4n) is 5.54. The summed E-state index contributed by atoms with van der Waals surface area (Å²) >= 11 is 0. The zero-order valence-corrected chi connectivity index (χ0v) is 23.4. The number of amides is 1. The minimum absolute atomic E-state index is 0.0745. The monoisotopic (exact) mass is 537 g/mol. The number of nitrogens with zero attached hydrogens (tertiary/aromatic N) is 3. The number of fused-ring (bicyclic) bond motifs is 1. The molecule has 3 heterocycles. The van der Waals surface area contributed by atoms with E-state index in [1.165, 1.54) is 12.0 Å². The standard InChI is InChI=1S/C33H35N3O4/c1-22-6-8-29(23(2)15-22)33-30-18-31(40-14-11-25-5-4-12-34-19-25)27(16-24(3)37)17-26(30)10-13-36(33)32(38)9-7-28-20-39-21-35-28/h4-6,8,12,15,17-21,33H,7,9-11,13-14,16H2,1-3H3. The second-order valence-electron chi connectivity index (χ2n) is 10.6. The van der Waals surface area contributed by atoms with Crippen molar-refractivity contribution in [2.75, 3.05) is 13.2 Å². The highest BCUT2D eigenvalue weighted by atomic mass is 16.5. The zero-order valence-electron chi connectivity index (χ0n) is 23.4. The first-order valence-electron chi connectivity index (χ1n) is 13.8. The summed E-state index contributed by atoms with van der Waals surface area (Å²) < 4.78 is 11.4. The quantitative estimate of drug-likeness (QED) is 0.264. The number of hydrogen-bond donors (Lipinski definition) is 0. The third kappa shape index (κ3) is 6.30. The van der Waals surface area contributed by atoms with E-state index in [4.69, 9.17) is 9.15 Å². The van der Waals surface area contributed by atoms with E-state index >= 15 is 0 Å². The smallest absolute Gasteiger partial charge is 0.223 e. The third-order valence-corrected chi connectivity index (χ3v) is 7.48. The molecule has 0 saturated heterocycles. The van der Waals surface area contributed by atoms with Crippen molar-refractivity contribution in [2.24, 2.45) is 0 Å². The van der Waals surface area contributed by atoms with E-state index in [0.29, 0.717) is 51.0 Å². The van der Waals surface area contributed by atoms with Crippen LogP contribution in [0.2, 0.25) is 0 Å². The fraction of sp³-hybridized carbons (Fsp3) is 0.333. The van der Waals surface area contributed by atoms with Crippen molar-refractivity contribution in [3.8, 4) is 5.75 Å². The van der Waals surface area contributed by atoms with Crippen LogP contribution in [0, 0.1) is 13.8 Å². The van der Waals surface area contributed by atoms with Crippen LogP contribution in [0.3, 0.4) is 0 Å². The van der Waals surface area contributed by atoms with Crippen LogP contribution in [0.15, 0.2) is 71.9 Å². The van der Waals surface area contributed by atoms with Crippen LogP contribution in [0.5, 0.6) is 5.75 Å². The third-order valence-electron chi connectivity index (χ3n) is 7.48. The van der Waals surface area contributed by atoms with Gasteiger partial charge in [0.05, 0.1) is 18.3 Å². The van der Waals surface area contributed by atoms with E-state index in [2.05, 4.69) is 54.1 Å². The number of carbonyl (C=O) groups excluding carboxylic acids is 2. The van der Waals surface area contributed by atoms with Gasteiger partial charge < -0.3 is 14.1 Å². The van der Waals surface area contributed by atoms with Gasteiger partial charge in [0.25, 0.3) is 0 Å². The average Bonchev–Trinajstić information content (AvgIpc) is 3.46. The van der Waals surface area contributed by atoms with Crippen LogP contribution >= 0.6 is 0 Å². The molecule has 0 spiro atoms. The molecule has 206 valence electrons. The van der Waals surface area contributed by atoms with Crippen molar-refractivity contribution < 1.29 is 18.7 Å². The van der Waals surface area contributed by atoms with Gasteiger partial charge in [-0.25, -0.2) is 4.98 Å². The highest BCUT2D eigenvalue weighted by molar-refractivity contribution is 5.80.